The molecule has 2 aromatic rings. The highest BCUT2D eigenvalue weighted by atomic mass is 127. The van der Waals surface area contributed by atoms with Gasteiger partial charge in [-0.15, -0.1) is 0 Å². The highest BCUT2D eigenvalue weighted by molar-refractivity contribution is 14.1. The van der Waals surface area contributed by atoms with Gasteiger partial charge in [-0.3, -0.25) is 14.5 Å². The summed E-state index contributed by atoms with van der Waals surface area (Å²) in [6.45, 7) is 4.70. The third-order valence-corrected chi connectivity index (χ3v) is 7.51. The molecule has 4 rings (SSSR count). The van der Waals surface area contributed by atoms with E-state index in [0.29, 0.717) is 17.4 Å². The van der Waals surface area contributed by atoms with Crippen LogP contribution in [0.25, 0.3) is 11.8 Å². The molecule has 2 aliphatic rings. The summed E-state index contributed by atoms with van der Waals surface area (Å²) in [6.07, 6.45) is 7.82. The van der Waals surface area contributed by atoms with Crippen molar-refractivity contribution in [1.82, 2.24) is 9.47 Å². The van der Waals surface area contributed by atoms with Crippen LogP contribution in [0.1, 0.15) is 49.1 Å². The van der Waals surface area contributed by atoms with Gasteiger partial charge in [0, 0.05) is 27.2 Å². The van der Waals surface area contributed by atoms with Gasteiger partial charge in [-0.05, 0) is 109 Å². The molecule has 1 saturated heterocycles. The highest BCUT2D eigenvalue weighted by Gasteiger charge is 2.36. The molecule has 1 aliphatic carbocycles. The van der Waals surface area contributed by atoms with Crippen molar-refractivity contribution in [2.24, 2.45) is 5.92 Å². The molecule has 0 spiro atoms. The molecule has 4 nitrogen and oxygen atoms in total. The number of halogens is 1. The Morgan fingerprint density at radius 3 is 2.48 bits per heavy atom. The lowest BCUT2D eigenvalue weighted by Gasteiger charge is -2.25. The summed E-state index contributed by atoms with van der Waals surface area (Å²) in [7, 11) is 0. The highest BCUT2D eigenvalue weighted by Crippen LogP contribution is 2.36. The van der Waals surface area contributed by atoms with Crippen molar-refractivity contribution < 1.29 is 9.59 Å². The van der Waals surface area contributed by atoms with E-state index in [1.807, 2.05) is 6.08 Å². The van der Waals surface area contributed by atoms with Gasteiger partial charge < -0.3 is 4.57 Å². The lowest BCUT2D eigenvalue weighted by molar-refractivity contribution is -0.123. The minimum absolute atomic E-state index is 0.127. The van der Waals surface area contributed by atoms with Gasteiger partial charge in [0.05, 0.1) is 4.91 Å². The number of imide groups is 1. The van der Waals surface area contributed by atoms with Gasteiger partial charge in [-0.25, -0.2) is 0 Å². The first kappa shape index (κ1) is 20.7. The molecule has 1 aromatic carbocycles. The number of aromatic nitrogens is 1. The fourth-order valence-corrected chi connectivity index (χ4v) is 5.55. The molecule has 0 N–H and O–H groups in total. The first-order valence-corrected chi connectivity index (χ1v) is 12.0. The molecular weight excluding hydrogens is 495 g/mol. The smallest absolute Gasteiger partial charge is 0.293 e. The van der Waals surface area contributed by atoms with Gasteiger partial charge in [0.2, 0.25) is 0 Å². The first-order chi connectivity index (χ1) is 13.9. The van der Waals surface area contributed by atoms with Crippen molar-refractivity contribution in [3.05, 3.63) is 55.8 Å². The van der Waals surface area contributed by atoms with E-state index in [9.17, 15) is 9.59 Å². The molecule has 0 bridgehead atoms. The van der Waals surface area contributed by atoms with Crippen molar-refractivity contribution >= 4 is 51.6 Å². The van der Waals surface area contributed by atoms with E-state index in [-0.39, 0.29) is 11.1 Å². The van der Waals surface area contributed by atoms with E-state index < -0.39 is 0 Å². The van der Waals surface area contributed by atoms with Gasteiger partial charge in [0.15, 0.2) is 0 Å². The lowest BCUT2D eigenvalue weighted by atomic mass is 9.89. The Labute approximate surface area is 189 Å². The number of aryl methyl sites for hydroxylation is 1. The van der Waals surface area contributed by atoms with Crippen LogP contribution in [-0.4, -0.2) is 27.2 Å². The van der Waals surface area contributed by atoms with Crippen molar-refractivity contribution in [2.45, 2.75) is 46.0 Å². The molecule has 152 valence electrons. The van der Waals surface area contributed by atoms with E-state index in [0.717, 1.165) is 47.2 Å². The van der Waals surface area contributed by atoms with Gasteiger partial charge in [-0.1, -0.05) is 19.3 Å². The van der Waals surface area contributed by atoms with Crippen LogP contribution in [0.3, 0.4) is 0 Å². The number of rotatable bonds is 4. The van der Waals surface area contributed by atoms with E-state index in [1.54, 1.807) is 0 Å². The molecule has 29 heavy (non-hydrogen) atoms. The quantitative estimate of drug-likeness (QED) is 0.350. The van der Waals surface area contributed by atoms with Crippen molar-refractivity contribution in [3.63, 3.8) is 0 Å². The molecule has 2 heterocycles. The van der Waals surface area contributed by atoms with Crippen LogP contribution in [0, 0.1) is 23.3 Å². The van der Waals surface area contributed by atoms with E-state index in [2.05, 4.69) is 71.3 Å². The second-order valence-electron chi connectivity index (χ2n) is 7.93. The monoisotopic (exact) mass is 520 g/mol. The summed E-state index contributed by atoms with van der Waals surface area (Å²) in [5.74, 6) is 0.326. The van der Waals surface area contributed by atoms with Crippen LogP contribution < -0.4 is 0 Å². The normalized spacial score (nSPS) is 19.6. The van der Waals surface area contributed by atoms with E-state index >= 15 is 0 Å². The van der Waals surface area contributed by atoms with E-state index in [4.69, 9.17) is 0 Å². The van der Waals surface area contributed by atoms with Crippen LogP contribution >= 0.6 is 34.4 Å². The average molecular weight is 520 g/mol. The van der Waals surface area contributed by atoms with Crippen molar-refractivity contribution in [2.75, 3.05) is 6.54 Å². The molecular formula is C23H25IN2O2S. The third-order valence-electron chi connectivity index (χ3n) is 5.88. The Kier molecular flexibility index (Phi) is 6.20. The molecule has 0 unspecified atom stereocenters. The summed E-state index contributed by atoms with van der Waals surface area (Å²) >= 11 is 3.38. The van der Waals surface area contributed by atoms with Crippen LogP contribution in [0.5, 0.6) is 0 Å². The number of nitrogens with zero attached hydrogens (tertiary/aromatic N) is 2. The predicted molar refractivity (Wildman–Crippen MR) is 127 cm³/mol. The minimum Gasteiger partial charge on any atom is -0.318 e. The fourth-order valence-electron chi connectivity index (χ4n) is 4.35. The zero-order chi connectivity index (χ0) is 20.5. The Bertz CT molecular complexity index is 972. The molecule has 2 fully saturated rings. The Morgan fingerprint density at radius 1 is 1.10 bits per heavy atom. The molecule has 0 atom stereocenters. The Balaban J connectivity index is 1.58. The van der Waals surface area contributed by atoms with Gasteiger partial charge in [0.25, 0.3) is 11.1 Å². The average Bonchev–Trinajstić information content (AvgIpc) is 3.13. The zero-order valence-corrected chi connectivity index (χ0v) is 19.8. The second-order valence-corrected chi connectivity index (χ2v) is 10.2. The van der Waals surface area contributed by atoms with Gasteiger partial charge in [-0.2, -0.15) is 0 Å². The largest absolute Gasteiger partial charge is 0.318 e. The summed E-state index contributed by atoms with van der Waals surface area (Å²) in [4.78, 5) is 27.4. The number of hydrogen-bond acceptors (Lipinski definition) is 3. The summed E-state index contributed by atoms with van der Waals surface area (Å²) < 4.78 is 3.38. The van der Waals surface area contributed by atoms with Crippen molar-refractivity contribution in [3.8, 4) is 5.69 Å². The maximum Gasteiger partial charge on any atom is 0.293 e. The first-order valence-electron chi connectivity index (χ1n) is 10.1. The molecule has 0 radical (unpaired) electrons. The summed E-state index contributed by atoms with van der Waals surface area (Å²) in [5, 5.41) is -0.127. The Morgan fingerprint density at radius 2 is 1.79 bits per heavy atom. The standard InChI is InChI=1S/C23H25IN2O2S/c1-15-12-18(16(2)26(15)20-10-8-19(24)9-11-20)13-21-22(27)25(23(28)29-21)14-17-6-4-3-5-7-17/h8-13,17H,3-7,14H2,1-2H3/b21-13-. The SMILES string of the molecule is Cc1cc(/C=C2\SC(=O)N(CC3CCCCC3)C2=O)c(C)n1-c1ccc(I)cc1. The van der Waals surface area contributed by atoms with Gasteiger partial charge in [0.1, 0.15) is 0 Å². The maximum atomic E-state index is 12.9. The molecule has 2 amide bonds. The lowest BCUT2D eigenvalue weighted by Crippen LogP contribution is -2.34. The number of carbonyl (C=O) groups is 2. The number of hydrogen-bond donors (Lipinski definition) is 0. The number of thioether (sulfide) groups is 1. The number of benzene rings is 1. The third kappa shape index (κ3) is 4.33. The van der Waals surface area contributed by atoms with Crippen molar-refractivity contribution in [1.29, 1.82) is 0 Å². The molecule has 1 saturated carbocycles. The molecule has 1 aliphatic heterocycles. The second kappa shape index (κ2) is 8.68. The molecule has 6 heteroatoms. The van der Waals surface area contributed by atoms with Crippen LogP contribution in [0.15, 0.2) is 35.2 Å². The van der Waals surface area contributed by atoms with Crippen LogP contribution in [0.2, 0.25) is 0 Å². The summed E-state index contributed by atoms with van der Waals surface area (Å²) in [6, 6.07) is 10.5. The topological polar surface area (TPSA) is 42.3 Å². The van der Waals surface area contributed by atoms with Crippen LogP contribution in [-0.2, 0) is 4.79 Å². The van der Waals surface area contributed by atoms with E-state index in [1.165, 1.54) is 27.7 Å². The minimum atomic E-state index is -0.135. The predicted octanol–water partition coefficient (Wildman–Crippen LogP) is 6.32. The van der Waals surface area contributed by atoms with Crippen LogP contribution in [0.4, 0.5) is 4.79 Å². The number of carbonyl (C=O) groups excluding carboxylic acids is 2. The fraction of sp³-hybridized carbons (Fsp3) is 0.391. The molecule has 1 aromatic heterocycles. The van der Waals surface area contributed by atoms with Gasteiger partial charge >= 0.3 is 0 Å². The maximum absolute atomic E-state index is 12.9. The zero-order valence-electron chi connectivity index (χ0n) is 16.8. The summed E-state index contributed by atoms with van der Waals surface area (Å²) in [5.41, 5.74) is 4.27. The Hall–Kier alpha value is -1.54. The number of amides is 2.